The minimum atomic E-state index is -0.0464. The summed E-state index contributed by atoms with van der Waals surface area (Å²) in [6.07, 6.45) is 1.77. The van der Waals surface area contributed by atoms with Gasteiger partial charge in [0.15, 0.2) is 0 Å². The first-order chi connectivity index (χ1) is 10.1. The molecule has 1 aromatic carbocycles. The number of hydrogen-bond acceptors (Lipinski definition) is 2. The molecule has 0 bridgehead atoms. The normalized spacial score (nSPS) is 11.0. The lowest BCUT2D eigenvalue weighted by molar-refractivity contribution is 0.0943. The van der Waals surface area contributed by atoms with E-state index in [-0.39, 0.29) is 11.9 Å². The molecule has 1 amide bonds. The summed E-state index contributed by atoms with van der Waals surface area (Å²) >= 11 is 0. The van der Waals surface area contributed by atoms with Crippen molar-refractivity contribution in [3.05, 3.63) is 54.2 Å². The van der Waals surface area contributed by atoms with Crippen molar-refractivity contribution in [1.82, 2.24) is 15.3 Å². The predicted octanol–water partition coefficient (Wildman–Crippen LogP) is 3.37. The number of nitrogens with one attached hydrogen (secondary N) is 2. The van der Waals surface area contributed by atoms with Gasteiger partial charge in [-0.2, -0.15) is 0 Å². The molecule has 106 valence electrons. The second-order valence-corrected chi connectivity index (χ2v) is 5.33. The summed E-state index contributed by atoms with van der Waals surface area (Å²) in [5.74, 6) is -0.0464. The zero-order valence-electron chi connectivity index (χ0n) is 12.1. The number of pyridine rings is 1. The maximum Gasteiger partial charge on any atom is 0.251 e. The van der Waals surface area contributed by atoms with Gasteiger partial charge in [0.05, 0.1) is 0 Å². The quantitative estimate of drug-likeness (QED) is 0.772. The Hall–Kier alpha value is -2.62. The smallest absolute Gasteiger partial charge is 0.251 e. The molecule has 0 fully saturated rings. The molecule has 0 aliphatic heterocycles. The second kappa shape index (κ2) is 5.40. The van der Waals surface area contributed by atoms with Gasteiger partial charge in [0.2, 0.25) is 0 Å². The van der Waals surface area contributed by atoms with Crippen molar-refractivity contribution in [1.29, 1.82) is 0 Å². The van der Waals surface area contributed by atoms with E-state index < -0.39 is 0 Å². The van der Waals surface area contributed by atoms with Gasteiger partial charge in [0.1, 0.15) is 5.65 Å². The molecular formula is C17H17N3O. The molecule has 0 atom stereocenters. The van der Waals surface area contributed by atoms with Crippen LogP contribution in [0.3, 0.4) is 0 Å². The molecular weight excluding hydrogens is 262 g/mol. The Morgan fingerprint density at radius 1 is 1.19 bits per heavy atom. The molecule has 4 heteroatoms. The highest BCUT2D eigenvalue weighted by Gasteiger charge is 2.08. The molecule has 0 aliphatic rings. The van der Waals surface area contributed by atoms with E-state index in [2.05, 4.69) is 21.4 Å². The number of carbonyl (C=O) groups is 1. The summed E-state index contributed by atoms with van der Waals surface area (Å²) in [5, 5.41) is 3.96. The molecule has 0 saturated heterocycles. The number of rotatable bonds is 3. The van der Waals surface area contributed by atoms with E-state index in [1.165, 1.54) is 0 Å². The SMILES string of the molecule is CC(C)NC(=O)c1ccc(-c2cc3cccnc3[nH]2)cc1. The largest absolute Gasteiger partial charge is 0.350 e. The fourth-order valence-corrected chi connectivity index (χ4v) is 2.26. The molecule has 0 unspecified atom stereocenters. The van der Waals surface area contributed by atoms with Crippen molar-refractivity contribution in [3.63, 3.8) is 0 Å². The average molecular weight is 279 g/mol. The van der Waals surface area contributed by atoms with Gasteiger partial charge < -0.3 is 10.3 Å². The molecule has 2 N–H and O–H groups in total. The average Bonchev–Trinajstić information content (AvgIpc) is 2.90. The van der Waals surface area contributed by atoms with Gasteiger partial charge in [-0.15, -0.1) is 0 Å². The first-order valence-corrected chi connectivity index (χ1v) is 6.98. The van der Waals surface area contributed by atoms with E-state index >= 15 is 0 Å². The van der Waals surface area contributed by atoms with Crippen LogP contribution in [0.4, 0.5) is 0 Å². The van der Waals surface area contributed by atoms with Crippen LogP contribution in [-0.2, 0) is 0 Å². The standard InChI is InChI=1S/C17H17N3O/c1-11(2)19-17(21)13-7-5-12(6-8-13)15-10-14-4-3-9-18-16(14)20-15/h3-11H,1-2H3,(H,18,20)(H,19,21). The lowest BCUT2D eigenvalue weighted by Gasteiger charge is -2.08. The summed E-state index contributed by atoms with van der Waals surface area (Å²) < 4.78 is 0. The molecule has 2 heterocycles. The minimum Gasteiger partial charge on any atom is -0.350 e. The summed E-state index contributed by atoms with van der Waals surface area (Å²) in [6, 6.07) is 13.7. The van der Waals surface area contributed by atoms with Crippen LogP contribution in [0.25, 0.3) is 22.3 Å². The molecule has 4 nitrogen and oxygen atoms in total. The monoisotopic (exact) mass is 279 g/mol. The second-order valence-electron chi connectivity index (χ2n) is 5.33. The van der Waals surface area contributed by atoms with E-state index in [4.69, 9.17) is 0 Å². The molecule has 0 radical (unpaired) electrons. The van der Waals surface area contributed by atoms with Gasteiger partial charge in [-0.3, -0.25) is 4.79 Å². The summed E-state index contributed by atoms with van der Waals surface area (Å²) in [7, 11) is 0. The minimum absolute atomic E-state index is 0.0464. The molecule has 2 aromatic heterocycles. The van der Waals surface area contributed by atoms with E-state index in [1.54, 1.807) is 6.20 Å². The molecule has 3 aromatic rings. The number of aromatic nitrogens is 2. The zero-order valence-corrected chi connectivity index (χ0v) is 12.1. The van der Waals surface area contributed by atoms with Crippen molar-refractivity contribution in [2.45, 2.75) is 19.9 Å². The lowest BCUT2D eigenvalue weighted by Crippen LogP contribution is -2.29. The fourth-order valence-electron chi connectivity index (χ4n) is 2.26. The van der Waals surface area contributed by atoms with E-state index in [0.29, 0.717) is 5.56 Å². The Labute approximate surface area is 123 Å². The molecule has 21 heavy (non-hydrogen) atoms. The van der Waals surface area contributed by atoms with Gasteiger partial charge in [-0.25, -0.2) is 4.98 Å². The van der Waals surface area contributed by atoms with Gasteiger partial charge in [-0.1, -0.05) is 12.1 Å². The third-order valence-corrected chi connectivity index (χ3v) is 3.27. The van der Waals surface area contributed by atoms with E-state index in [9.17, 15) is 4.79 Å². The lowest BCUT2D eigenvalue weighted by atomic mass is 10.1. The number of aromatic amines is 1. The van der Waals surface area contributed by atoms with Crippen molar-refractivity contribution in [3.8, 4) is 11.3 Å². The zero-order chi connectivity index (χ0) is 14.8. The summed E-state index contributed by atoms with van der Waals surface area (Å²) in [6.45, 7) is 3.90. The highest BCUT2D eigenvalue weighted by Crippen LogP contribution is 2.23. The Morgan fingerprint density at radius 3 is 2.62 bits per heavy atom. The fraction of sp³-hybridized carbons (Fsp3) is 0.176. The topological polar surface area (TPSA) is 57.8 Å². The maximum absolute atomic E-state index is 11.9. The Bertz CT molecular complexity index is 739. The number of carbonyl (C=O) groups excluding carboxylic acids is 1. The van der Waals surface area contributed by atoms with Crippen LogP contribution in [0.15, 0.2) is 48.7 Å². The number of nitrogens with zero attached hydrogens (tertiary/aromatic N) is 1. The number of amides is 1. The van der Waals surface area contributed by atoms with Crippen LogP contribution in [0.1, 0.15) is 24.2 Å². The maximum atomic E-state index is 11.9. The Morgan fingerprint density at radius 2 is 1.95 bits per heavy atom. The van der Waals surface area contributed by atoms with Crippen LogP contribution in [-0.4, -0.2) is 21.9 Å². The number of hydrogen-bond donors (Lipinski definition) is 2. The molecule has 0 spiro atoms. The van der Waals surface area contributed by atoms with Crippen LogP contribution in [0.2, 0.25) is 0 Å². The van der Waals surface area contributed by atoms with Crippen molar-refractivity contribution < 1.29 is 4.79 Å². The van der Waals surface area contributed by atoms with Crippen LogP contribution in [0, 0.1) is 0 Å². The van der Waals surface area contributed by atoms with Gasteiger partial charge in [0, 0.05) is 28.9 Å². The van der Waals surface area contributed by atoms with Crippen molar-refractivity contribution in [2.24, 2.45) is 0 Å². The number of benzene rings is 1. The van der Waals surface area contributed by atoms with Crippen molar-refractivity contribution in [2.75, 3.05) is 0 Å². The highest BCUT2D eigenvalue weighted by atomic mass is 16.1. The van der Waals surface area contributed by atoms with E-state index in [0.717, 1.165) is 22.3 Å². The van der Waals surface area contributed by atoms with Crippen molar-refractivity contribution >= 4 is 16.9 Å². The summed E-state index contributed by atoms with van der Waals surface area (Å²) in [4.78, 5) is 19.5. The first-order valence-electron chi connectivity index (χ1n) is 6.98. The van der Waals surface area contributed by atoms with Gasteiger partial charge in [-0.05, 0) is 49.7 Å². The van der Waals surface area contributed by atoms with Crippen LogP contribution < -0.4 is 5.32 Å². The molecule has 0 saturated carbocycles. The highest BCUT2D eigenvalue weighted by molar-refractivity contribution is 5.95. The van der Waals surface area contributed by atoms with Crippen LogP contribution >= 0.6 is 0 Å². The molecule has 0 aliphatic carbocycles. The number of fused-ring (bicyclic) bond motifs is 1. The third kappa shape index (κ3) is 2.79. The number of H-pyrrole nitrogens is 1. The van der Waals surface area contributed by atoms with Gasteiger partial charge >= 0.3 is 0 Å². The predicted molar refractivity (Wildman–Crippen MR) is 84.1 cm³/mol. The van der Waals surface area contributed by atoms with Crippen LogP contribution in [0.5, 0.6) is 0 Å². The first kappa shape index (κ1) is 13.4. The summed E-state index contributed by atoms with van der Waals surface area (Å²) in [5.41, 5.74) is 3.57. The molecule has 3 rings (SSSR count). The van der Waals surface area contributed by atoms with E-state index in [1.807, 2.05) is 50.2 Å². The van der Waals surface area contributed by atoms with Gasteiger partial charge in [0.25, 0.3) is 5.91 Å². The third-order valence-electron chi connectivity index (χ3n) is 3.27. The Balaban J connectivity index is 1.88. The Kier molecular flexibility index (Phi) is 3.44.